The molecule has 0 bridgehead atoms. The van der Waals surface area contributed by atoms with E-state index in [2.05, 4.69) is 5.32 Å². The Morgan fingerprint density at radius 3 is 2.67 bits per heavy atom. The monoisotopic (exact) mass is 169 g/mol. The zero-order valence-corrected chi connectivity index (χ0v) is 7.72. The van der Waals surface area contributed by atoms with Gasteiger partial charge in [-0.15, -0.1) is 0 Å². The lowest BCUT2D eigenvalue weighted by atomic mass is 10.1. The molecule has 2 aliphatic rings. The second-order valence-electron chi connectivity index (χ2n) is 4.13. The first kappa shape index (κ1) is 8.52. The zero-order valence-electron chi connectivity index (χ0n) is 7.72. The van der Waals surface area contributed by atoms with E-state index in [1.165, 1.54) is 38.6 Å². The number of nitrogens with one attached hydrogen (secondary N) is 1. The van der Waals surface area contributed by atoms with Gasteiger partial charge >= 0.3 is 0 Å². The molecule has 0 aromatic heterocycles. The van der Waals surface area contributed by atoms with Gasteiger partial charge in [0.1, 0.15) is 0 Å². The lowest BCUT2D eigenvalue weighted by Gasteiger charge is -2.23. The molecule has 2 heteroatoms. The average molecular weight is 169 g/mol. The summed E-state index contributed by atoms with van der Waals surface area (Å²) in [6.45, 7) is 3.14. The normalized spacial score (nSPS) is 30.5. The summed E-state index contributed by atoms with van der Waals surface area (Å²) in [5, 5.41) is 3.49. The maximum Gasteiger partial charge on any atom is 0.0619 e. The van der Waals surface area contributed by atoms with E-state index in [-0.39, 0.29) is 0 Å². The minimum absolute atomic E-state index is 0.650. The van der Waals surface area contributed by atoms with Gasteiger partial charge in [0.2, 0.25) is 0 Å². The fourth-order valence-corrected chi connectivity index (χ4v) is 1.73. The first-order valence-electron chi connectivity index (χ1n) is 5.26. The van der Waals surface area contributed by atoms with Gasteiger partial charge in [-0.2, -0.15) is 0 Å². The Morgan fingerprint density at radius 2 is 2.00 bits per heavy atom. The summed E-state index contributed by atoms with van der Waals surface area (Å²) in [4.78, 5) is 0. The van der Waals surface area contributed by atoms with Crippen molar-refractivity contribution in [1.82, 2.24) is 5.32 Å². The van der Waals surface area contributed by atoms with Gasteiger partial charge in [0, 0.05) is 12.6 Å². The van der Waals surface area contributed by atoms with E-state index in [0.717, 1.165) is 19.1 Å². The molecule has 2 rings (SSSR count). The lowest BCUT2D eigenvalue weighted by molar-refractivity contribution is 0.0951. The Morgan fingerprint density at radius 1 is 1.08 bits per heavy atom. The van der Waals surface area contributed by atoms with E-state index in [0.29, 0.717) is 6.04 Å². The van der Waals surface area contributed by atoms with E-state index in [1.54, 1.807) is 0 Å². The van der Waals surface area contributed by atoms with E-state index >= 15 is 0 Å². The molecule has 70 valence electrons. The van der Waals surface area contributed by atoms with Crippen LogP contribution < -0.4 is 5.32 Å². The van der Waals surface area contributed by atoms with Gasteiger partial charge < -0.3 is 10.1 Å². The highest BCUT2D eigenvalue weighted by Gasteiger charge is 2.22. The highest BCUT2D eigenvalue weighted by molar-refractivity contribution is 4.74. The number of piperidine rings is 1. The fraction of sp³-hybridized carbons (Fsp3) is 1.00. The molecule has 1 saturated carbocycles. The maximum absolute atomic E-state index is 5.63. The molecule has 1 heterocycles. The van der Waals surface area contributed by atoms with Crippen LogP contribution in [0.2, 0.25) is 0 Å². The van der Waals surface area contributed by atoms with E-state index in [4.69, 9.17) is 4.74 Å². The van der Waals surface area contributed by atoms with Gasteiger partial charge in [0.25, 0.3) is 0 Å². The molecule has 2 fully saturated rings. The summed E-state index contributed by atoms with van der Waals surface area (Å²) in [7, 11) is 0. The third kappa shape index (κ3) is 2.76. The summed E-state index contributed by atoms with van der Waals surface area (Å²) in [6, 6.07) is 0.650. The van der Waals surface area contributed by atoms with Crippen molar-refractivity contribution < 1.29 is 4.74 Å². The van der Waals surface area contributed by atoms with Crippen molar-refractivity contribution in [3.05, 3.63) is 0 Å². The molecule has 0 aromatic carbocycles. The predicted molar refractivity (Wildman–Crippen MR) is 49.2 cm³/mol. The third-order valence-electron chi connectivity index (χ3n) is 2.78. The Balaban J connectivity index is 1.52. The Labute approximate surface area is 74.7 Å². The molecule has 1 aliphatic carbocycles. The van der Waals surface area contributed by atoms with Gasteiger partial charge in [-0.25, -0.2) is 0 Å². The summed E-state index contributed by atoms with van der Waals surface area (Å²) in [5.41, 5.74) is 0. The van der Waals surface area contributed by atoms with Crippen LogP contribution in [0.5, 0.6) is 0 Å². The average Bonchev–Trinajstić information content (AvgIpc) is 2.90. The van der Waals surface area contributed by atoms with Crippen molar-refractivity contribution >= 4 is 0 Å². The van der Waals surface area contributed by atoms with E-state index < -0.39 is 0 Å². The number of ether oxygens (including phenoxy) is 1. The van der Waals surface area contributed by atoms with Gasteiger partial charge in [-0.3, -0.25) is 0 Å². The van der Waals surface area contributed by atoms with E-state index in [1.807, 2.05) is 0 Å². The van der Waals surface area contributed by atoms with Crippen LogP contribution >= 0.6 is 0 Å². The Hall–Kier alpha value is -0.0800. The smallest absolute Gasteiger partial charge is 0.0619 e. The minimum Gasteiger partial charge on any atom is -0.380 e. The van der Waals surface area contributed by atoms with Crippen molar-refractivity contribution in [2.45, 2.75) is 38.1 Å². The number of rotatable bonds is 4. The lowest BCUT2D eigenvalue weighted by Crippen LogP contribution is -2.37. The quantitative estimate of drug-likeness (QED) is 0.689. The molecule has 1 atom stereocenters. The van der Waals surface area contributed by atoms with Crippen molar-refractivity contribution in [1.29, 1.82) is 0 Å². The maximum atomic E-state index is 5.63. The Kier molecular flexibility index (Phi) is 3.01. The second-order valence-corrected chi connectivity index (χ2v) is 4.13. The SMILES string of the molecule is C1CCC(COCC2CC2)NC1. The standard InChI is InChI=1S/C10H19NO/c1-2-6-11-10(3-1)8-12-7-9-4-5-9/h9-11H,1-8H2. The molecule has 1 N–H and O–H groups in total. The van der Waals surface area contributed by atoms with Crippen molar-refractivity contribution in [2.75, 3.05) is 19.8 Å². The summed E-state index contributed by atoms with van der Waals surface area (Å²) < 4.78 is 5.63. The van der Waals surface area contributed by atoms with Crippen LogP contribution in [0.4, 0.5) is 0 Å². The highest BCUT2D eigenvalue weighted by atomic mass is 16.5. The van der Waals surface area contributed by atoms with Crippen LogP contribution in [0.3, 0.4) is 0 Å². The number of hydrogen-bond acceptors (Lipinski definition) is 2. The molecule has 0 spiro atoms. The van der Waals surface area contributed by atoms with Crippen LogP contribution in [0.15, 0.2) is 0 Å². The zero-order chi connectivity index (χ0) is 8.23. The number of hydrogen-bond donors (Lipinski definition) is 1. The van der Waals surface area contributed by atoms with Crippen molar-refractivity contribution in [2.24, 2.45) is 5.92 Å². The largest absolute Gasteiger partial charge is 0.380 e. The third-order valence-corrected chi connectivity index (χ3v) is 2.78. The molecular weight excluding hydrogens is 150 g/mol. The van der Waals surface area contributed by atoms with Crippen LogP contribution in [0, 0.1) is 5.92 Å². The van der Waals surface area contributed by atoms with Crippen LogP contribution in [-0.4, -0.2) is 25.8 Å². The van der Waals surface area contributed by atoms with Crippen LogP contribution in [-0.2, 0) is 4.74 Å². The fourth-order valence-electron chi connectivity index (χ4n) is 1.73. The summed E-state index contributed by atoms with van der Waals surface area (Å²) >= 11 is 0. The summed E-state index contributed by atoms with van der Waals surface area (Å²) in [6.07, 6.45) is 6.84. The van der Waals surface area contributed by atoms with Crippen LogP contribution in [0.1, 0.15) is 32.1 Å². The minimum atomic E-state index is 0.650. The van der Waals surface area contributed by atoms with Crippen molar-refractivity contribution in [3.8, 4) is 0 Å². The molecule has 1 saturated heterocycles. The second kappa shape index (κ2) is 4.24. The van der Waals surface area contributed by atoms with Gasteiger partial charge in [0.15, 0.2) is 0 Å². The molecule has 0 aromatic rings. The Bertz CT molecular complexity index is 128. The van der Waals surface area contributed by atoms with Crippen LogP contribution in [0.25, 0.3) is 0 Å². The van der Waals surface area contributed by atoms with E-state index in [9.17, 15) is 0 Å². The van der Waals surface area contributed by atoms with Crippen molar-refractivity contribution in [3.63, 3.8) is 0 Å². The summed E-state index contributed by atoms with van der Waals surface area (Å²) in [5.74, 6) is 0.911. The molecule has 12 heavy (non-hydrogen) atoms. The van der Waals surface area contributed by atoms with Gasteiger partial charge in [-0.1, -0.05) is 6.42 Å². The molecule has 2 nitrogen and oxygen atoms in total. The first-order chi connectivity index (χ1) is 5.95. The van der Waals surface area contributed by atoms with Gasteiger partial charge in [0.05, 0.1) is 6.61 Å². The molecular formula is C10H19NO. The predicted octanol–water partition coefficient (Wildman–Crippen LogP) is 1.56. The highest BCUT2D eigenvalue weighted by Crippen LogP contribution is 2.28. The topological polar surface area (TPSA) is 21.3 Å². The molecule has 1 unspecified atom stereocenters. The first-order valence-corrected chi connectivity index (χ1v) is 5.26. The molecule has 1 aliphatic heterocycles. The molecule has 0 radical (unpaired) electrons. The van der Waals surface area contributed by atoms with Gasteiger partial charge in [-0.05, 0) is 38.1 Å². The molecule has 0 amide bonds.